The molecule has 0 heterocycles. The number of carbonyl (C=O) groups is 1. The Labute approximate surface area is 71.3 Å². The molecule has 0 bridgehead atoms. The molecular formula is C8H15F2NO. The first-order valence-corrected chi connectivity index (χ1v) is 3.89. The number of carbonyl (C=O) groups excluding carboxylic acids is 1. The zero-order chi connectivity index (χ0) is 9.78. The highest BCUT2D eigenvalue weighted by molar-refractivity contribution is 5.78. The summed E-state index contributed by atoms with van der Waals surface area (Å²) in [5.74, 6) is -0.574. The lowest BCUT2D eigenvalue weighted by molar-refractivity contribution is -0.126. The molecular weight excluding hydrogens is 164 g/mol. The normalized spacial score (nSPS) is 11.8. The molecule has 0 aliphatic heterocycles. The average molecular weight is 179 g/mol. The quantitative estimate of drug-likeness (QED) is 0.695. The van der Waals surface area contributed by atoms with E-state index in [1.807, 2.05) is 0 Å². The van der Waals surface area contributed by atoms with Crippen molar-refractivity contribution in [1.82, 2.24) is 5.32 Å². The summed E-state index contributed by atoms with van der Waals surface area (Å²) < 4.78 is 24.4. The molecule has 12 heavy (non-hydrogen) atoms. The summed E-state index contributed by atoms with van der Waals surface area (Å²) in [6.45, 7) is 2.91. The predicted octanol–water partition coefficient (Wildman–Crippen LogP) is 1.46. The maximum atomic E-state index is 12.2. The minimum absolute atomic E-state index is 0.248. The van der Waals surface area contributed by atoms with E-state index < -0.39 is 18.9 Å². The van der Waals surface area contributed by atoms with Crippen LogP contribution in [0, 0.1) is 5.92 Å². The fourth-order valence-corrected chi connectivity index (χ4v) is 0.544. The highest BCUT2D eigenvalue weighted by Gasteiger charge is 2.27. The summed E-state index contributed by atoms with van der Waals surface area (Å²) in [4.78, 5) is 11.0. The molecule has 1 amide bonds. The van der Waals surface area contributed by atoms with Gasteiger partial charge in [0.15, 0.2) is 0 Å². The van der Waals surface area contributed by atoms with Gasteiger partial charge in [0.05, 0.1) is 5.54 Å². The summed E-state index contributed by atoms with van der Waals surface area (Å²) in [6, 6.07) is 0. The molecule has 2 nitrogen and oxygen atoms in total. The van der Waals surface area contributed by atoms with E-state index in [4.69, 9.17) is 0 Å². The molecule has 4 heteroatoms. The highest BCUT2D eigenvalue weighted by atomic mass is 19.1. The van der Waals surface area contributed by atoms with Gasteiger partial charge in [0.1, 0.15) is 13.3 Å². The first-order chi connectivity index (χ1) is 5.45. The van der Waals surface area contributed by atoms with E-state index >= 15 is 0 Å². The molecule has 0 fully saturated rings. The molecule has 0 aromatic carbocycles. The Morgan fingerprint density at radius 1 is 1.42 bits per heavy atom. The van der Waals surface area contributed by atoms with Crippen LogP contribution in [0.15, 0.2) is 0 Å². The summed E-state index contributed by atoms with van der Waals surface area (Å²) in [5.41, 5.74) is -1.35. The second-order valence-corrected chi connectivity index (χ2v) is 3.47. The van der Waals surface area contributed by atoms with Gasteiger partial charge in [-0.3, -0.25) is 4.79 Å². The van der Waals surface area contributed by atoms with Crippen molar-refractivity contribution in [3.05, 3.63) is 0 Å². The van der Waals surface area contributed by atoms with E-state index in [1.54, 1.807) is 13.8 Å². The monoisotopic (exact) mass is 179 g/mol. The lowest BCUT2D eigenvalue weighted by Gasteiger charge is -2.25. The van der Waals surface area contributed by atoms with E-state index in [9.17, 15) is 13.6 Å². The SMILES string of the molecule is CC(C)C(=O)NC(C)(CF)CF. The maximum absolute atomic E-state index is 12.2. The number of hydrogen-bond acceptors (Lipinski definition) is 1. The van der Waals surface area contributed by atoms with Crippen molar-refractivity contribution >= 4 is 5.91 Å². The van der Waals surface area contributed by atoms with Gasteiger partial charge in [-0.25, -0.2) is 8.78 Å². The fraction of sp³-hybridized carbons (Fsp3) is 0.875. The number of hydrogen-bond donors (Lipinski definition) is 1. The lowest BCUT2D eigenvalue weighted by Crippen LogP contribution is -2.51. The third-order valence-electron chi connectivity index (χ3n) is 1.54. The third kappa shape index (κ3) is 3.15. The zero-order valence-corrected chi connectivity index (χ0v) is 7.66. The first kappa shape index (κ1) is 11.3. The molecule has 0 aliphatic carbocycles. The minimum Gasteiger partial charge on any atom is -0.345 e. The molecule has 0 atom stereocenters. The smallest absolute Gasteiger partial charge is 0.223 e. The van der Waals surface area contributed by atoms with Crippen molar-refractivity contribution in [2.75, 3.05) is 13.3 Å². The zero-order valence-electron chi connectivity index (χ0n) is 7.66. The molecule has 0 saturated heterocycles. The number of amides is 1. The van der Waals surface area contributed by atoms with Crippen LogP contribution in [-0.4, -0.2) is 24.8 Å². The van der Waals surface area contributed by atoms with Crippen LogP contribution >= 0.6 is 0 Å². The van der Waals surface area contributed by atoms with Gasteiger partial charge in [-0.15, -0.1) is 0 Å². The van der Waals surface area contributed by atoms with Crippen LogP contribution in [0.4, 0.5) is 8.78 Å². The molecule has 0 spiro atoms. The van der Waals surface area contributed by atoms with Crippen LogP contribution in [-0.2, 0) is 4.79 Å². The minimum atomic E-state index is -1.35. The van der Waals surface area contributed by atoms with E-state index in [0.29, 0.717) is 0 Å². The first-order valence-electron chi connectivity index (χ1n) is 3.89. The van der Waals surface area contributed by atoms with Crippen LogP contribution in [0.1, 0.15) is 20.8 Å². The van der Waals surface area contributed by atoms with Crippen LogP contribution in [0.5, 0.6) is 0 Å². The lowest BCUT2D eigenvalue weighted by atomic mass is 10.1. The van der Waals surface area contributed by atoms with Crippen molar-refractivity contribution in [1.29, 1.82) is 0 Å². The molecule has 0 radical (unpaired) electrons. The molecule has 0 aliphatic rings. The van der Waals surface area contributed by atoms with Gasteiger partial charge >= 0.3 is 0 Å². The Hall–Kier alpha value is -0.670. The van der Waals surface area contributed by atoms with Crippen molar-refractivity contribution < 1.29 is 13.6 Å². The molecule has 0 unspecified atom stereocenters. The van der Waals surface area contributed by atoms with E-state index in [-0.39, 0.29) is 11.8 Å². The Bertz CT molecular complexity index is 155. The molecule has 0 saturated carbocycles. The maximum Gasteiger partial charge on any atom is 0.223 e. The van der Waals surface area contributed by atoms with Gasteiger partial charge in [0.2, 0.25) is 5.91 Å². The highest BCUT2D eigenvalue weighted by Crippen LogP contribution is 2.07. The largest absolute Gasteiger partial charge is 0.345 e. The molecule has 0 aromatic rings. The van der Waals surface area contributed by atoms with Crippen LogP contribution < -0.4 is 5.32 Å². The van der Waals surface area contributed by atoms with Gasteiger partial charge in [-0.1, -0.05) is 13.8 Å². The van der Waals surface area contributed by atoms with E-state index in [1.165, 1.54) is 6.92 Å². The predicted molar refractivity (Wildman–Crippen MR) is 43.3 cm³/mol. The molecule has 0 aromatic heterocycles. The van der Waals surface area contributed by atoms with Gasteiger partial charge in [-0.05, 0) is 6.92 Å². The van der Waals surface area contributed by atoms with E-state index in [0.717, 1.165) is 0 Å². The number of nitrogens with one attached hydrogen (secondary N) is 1. The summed E-state index contributed by atoms with van der Waals surface area (Å²) >= 11 is 0. The van der Waals surface area contributed by atoms with Crippen molar-refractivity contribution in [3.8, 4) is 0 Å². The third-order valence-corrected chi connectivity index (χ3v) is 1.54. The van der Waals surface area contributed by atoms with Gasteiger partial charge < -0.3 is 5.32 Å². The van der Waals surface area contributed by atoms with Gasteiger partial charge in [-0.2, -0.15) is 0 Å². The Kier molecular flexibility index (Phi) is 4.13. The summed E-state index contributed by atoms with van der Waals surface area (Å²) in [6.07, 6.45) is 0. The summed E-state index contributed by atoms with van der Waals surface area (Å²) in [5, 5.41) is 2.30. The van der Waals surface area contributed by atoms with Crippen molar-refractivity contribution in [2.45, 2.75) is 26.3 Å². The van der Waals surface area contributed by atoms with Crippen LogP contribution in [0.25, 0.3) is 0 Å². The number of rotatable bonds is 4. The molecule has 0 rings (SSSR count). The topological polar surface area (TPSA) is 29.1 Å². The van der Waals surface area contributed by atoms with Crippen molar-refractivity contribution in [2.24, 2.45) is 5.92 Å². The van der Waals surface area contributed by atoms with E-state index in [2.05, 4.69) is 5.32 Å². The number of alkyl halides is 2. The second kappa shape index (κ2) is 4.38. The van der Waals surface area contributed by atoms with Crippen LogP contribution in [0.3, 0.4) is 0 Å². The summed E-state index contributed by atoms with van der Waals surface area (Å²) in [7, 11) is 0. The van der Waals surface area contributed by atoms with Crippen LogP contribution in [0.2, 0.25) is 0 Å². The average Bonchev–Trinajstić information content (AvgIpc) is 2.04. The Morgan fingerprint density at radius 2 is 1.83 bits per heavy atom. The standard InChI is InChI=1S/C8H15F2NO/c1-6(2)7(12)11-8(3,4-9)5-10/h6H,4-5H2,1-3H3,(H,11,12). The Morgan fingerprint density at radius 3 is 2.08 bits per heavy atom. The molecule has 72 valence electrons. The molecule has 1 N–H and O–H groups in total. The van der Waals surface area contributed by atoms with Gasteiger partial charge in [0, 0.05) is 5.92 Å². The second-order valence-electron chi connectivity index (χ2n) is 3.47. The fourth-order valence-electron chi connectivity index (χ4n) is 0.544. The Balaban J connectivity index is 4.12. The van der Waals surface area contributed by atoms with Gasteiger partial charge in [0.25, 0.3) is 0 Å². The van der Waals surface area contributed by atoms with Crippen molar-refractivity contribution in [3.63, 3.8) is 0 Å². The number of halogens is 2.